The summed E-state index contributed by atoms with van der Waals surface area (Å²) in [6.45, 7) is 4.03. The Morgan fingerprint density at radius 3 is 2.14 bits per heavy atom. The predicted octanol–water partition coefficient (Wildman–Crippen LogP) is 7.58. The van der Waals surface area contributed by atoms with E-state index in [1.54, 1.807) is 11.8 Å². The second kappa shape index (κ2) is 9.82. The first-order chi connectivity index (χ1) is 17.4. The molecule has 0 spiro atoms. The van der Waals surface area contributed by atoms with Gasteiger partial charge in [0.25, 0.3) is 0 Å². The number of aliphatic hydroxyl groups excluding tert-OH is 1. The first-order valence-corrected chi connectivity index (χ1v) is 13.5. The van der Waals surface area contributed by atoms with Gasteiger partial charge in [0.2, 0.25) is 0 Å². The molecule has 0 amide bonds. The van der Waals surface area contributed by atoms with Gasteiger partial charge in [-0.25, -0.2) is 0 Å². The number of ketones is 1. The van der Waals surface area contributed by atoms with E-state index in [1.165, 1.54) is 0 Å². The molecule has 1 atom stereocenters. The molecule has 1 heterocycles. The third kappa shape index (κ3) is 4.28. The van der Waals surface area contributed by atoms with Crippen LogP contribution in [0.4, 0.5) is 5.69 Å². The maximum Gasteiger partial charge on any atom is 0.161 e. The lowest BCUT2D eigenvalue weighted by Gasteiger charge is -2.41. The summed E-state index contributed by atoms with van der Waals surface area (Å²) in [7, 11) is 0. The number of aliphatic hydroxyl groups is 1. The molecule has 0 saturated carbocycles. The molecule has 0 bridgehead atoms. The number of aryl methyl sites for hydroxylation is 2. The third-order valence-electron chi connectivity index (χ3n) is 7.08. The van der Waals surface area contributed by atoms with Crippen molar-refractivity contribution in [2.75, 3.05) is 11.2 Å². The Morgan fingerprint density at radius 2 is 1.53 bits per heavy atom. The molecule has 5 rings (SSSR count). The predicted molar refractivity (Wildman–Crippen MR) is 149 cm³/mol. The molecule has 1 aliphatic heterocycles. The van der Waals surface area contributed by atoms with E-state index in [1.807, 2.05) is 97.8 Å². The summed E-state index contributed by atoms with van der Waals surface area (Å²) in [6.07, 6.45) is 3.99. The molecular formula is C31H30N2O2S. The SMILES string of the molecule is CSc1ccc(C2C3=C(CCCC3=O)N(c3ccc(C)cc3)C(=N)/C2=C(/O)c2ccc(C)cc2)cc1. The number of allylic oxidation sites excluding steroid dienone is 2. The van der Waals surface area contributed by atoms with Gasteiger partial charge in [-0.1, -0.05) is 59.7 Å². The van der Waals surface area contributed by atoms with Crippen LogP contribution in [0.3, 0.4) is 0 Å². The van der Waals surface area contributed by atoms with E-state index in [4.69, 9.17) is 0 Å². The van der Waals surface area contributed by atoms with Crippen molar-refractivity contribution in [1.29, 1.82) is 5.41 Å². The smallest absolute Gasteiger partial charge is 0.161 e. The van der Waals surface area contributed by atoms with Gasteiger partial charge in [0.15, 0.2) is 5.78 Å². The molecule has 5 heteroatoms. The quantitative estimate of drug-likeness (QED) is 0.290. The van der Waals surface area contributed by atoms with Gasteiger partial charge in [0.1, 0.15) is 11.6 Å². The Labute approximate surface area is 216 Å². The van der Waals surface area contributed by atoms with Gasteiger partial charge in [-0.15, -0.1) is 11.8 Å². The molecule has 36 heavy (non-hydrogen) atoms. The van der Waals surface area contributed by atoms with Crippen molar-refractivity contribution in [3.63, 3.8) is 0 Å². The highest BCUT2D eigenvalue weighted by Crippen LogP contribution is 2.48. The number of amidine groups is 1. The van der Waals surface area contributed by atoms with Crippen LogP contribution in [0.2, 0.25) is 0 Å². The Balaban J connectivity index is 1.80. The van der Waals surface area contributed by atoms with Crippen molar-refractivity contribution in [2.45, 2.75) is 43.9 Å². The summed E-state index contributed by atoms with van der Waals surface area (Å²) in [4.78, 5) is 16.6. The summed E-state index contributed by atoms with van der Waals surface area (Å²) in [5.74, 6) is -0.154. The van der Waals surface area contributed by atoms with Crippen LogP contribution in [0.5, 0.6) is 0 Å². The number of thioether (sulfide) groups is 1. The monoisotopic (exact) mass is 494 g/mol. The summed E-state index contributed by atoms with van der Waals surface area (Å²) < 4.78 is 0. The molecule has 1 unspecified atom stereocenters. The fourth-order valence-corrected chi connectivity index (χ4v) is 5.58. The molecule has 182 valence electrons. The number of hydrogen-bond donors (Lipinski definition) is 2. The van der Waals surface area contributed by atoms with Crippen LogP contribution in [0.25, 0.3) is 5.76 Å². The largest absolute Gasteiger partial charge is 0.507 e. The molecule has 0 aromatic heterocycles. The van der Waals surface area contributed by atoms with Gasteiger partial charge in [0.05, 0.1) is 0 Å². The Kier molecular flexibility index (Phi) is 6.59. The number of carbonyl (C=O) groups is 1. The van der Waals surface area contributed by atoms with Crippen LogP contribution < -0.4 is 4.90 Å². The minimum atomic E-state index is -0.501. The normalized spacial score (nSPS) is 19.4. The molecule has 0 saturated heterocycles. The van der Waals surface area contributed by atoms with E-state index in [0.29, 0.717) is 23.1 Å². The minimum Gasteiger partial charge on any atom is -0.507 e. The van der Waals surface area contributed by atoms with Crippen LogP contribution >= 0.6 is 11.8 Å². The summed E-state index contributed by atoms with van der Waals surface area (Å²) >= 11 is 1.66. The highest BCUT2D eigenvalue weighted by molar-refractivity contribution is 7.98. The van der Waals surface area contributed by atoms with Crippen LogP contribution in [-0.2, 0) is 4.79 Å². The fourth-order valence-electron chi connectivity index (χ4n) is 5.17. The second-order valence-corrected chi connectivity index (χ2v) is 10.4. The number of benzene rings is 3. The number of nitrogens with one attached hydrogen (secondary N) is 1. The number of nitrogens with zero attached hydrogens (tertiary/aromatic N) is 1. The van der Waals surface area contributed by atoms with E-state index < -0.39 is 5.92 Å². The molecule has 4 nitrogen and oxygen atoms in total. The van der Waals surface area contributed by atoms with Crippen LogP contribution in [0.15, 0.2) is 94.5 Å². The summed E-state index contributed by atoms with van der Waals surface area (Å²) in [5.41, 5.74) is 6.64. The Bertz CT molecular complexity index is 1380. The molecule has 0 radical (unpaired) electrons. The molecule has 1 aliphatic carbocycles. The number of hydrogen-bond acceptors (Lipinski definition) is 4. The van der Waals surface area contributed by atoms with Crippen LogP contribution in [-0.4, -0.2) is 23.0 Å². The molecule has 0 fully saturated rings. The van der Waals surface area contributed by atoms with Crippen molar-refractivity contribution < 1.29 is 9.90 Å². The van der Waals surface area contributed by atoms with Gasteiger partial charge in [0, 0.05) is 45.3 Å². The van der Waals surface area contributed by atoms with Crippen molar-refractivity contribution >= 4 is 34.8 Å². The standard InChI is InChI=1S/C31H30N2O2S/c1-19-7-11-22(12-8-19)30(35)29-27(21-13-17-24(36-3)18-14-21)28-25(5-4-6-26(28)34)33(31(29)32)23-15-9-20(2)10-16-23/h7-18,27,32,35H,4-6H2,1-3H3/b30-29+,32-31?. The Hall–Kier alpha value is -3.57. The highest BCUT2D eigenvalue weighted by Gasteiger charge is 2.43. The minimum absolute atomic E-state index is 0.0426. The van der Waals surface area contributed by atoms with Gasteiger partial charge in [-0.05, 0) is 62.8 Å². The summed E-state index contributed by atoms with van der Waals surface area (Å²) in [5, 5.41) is 21.1. The highest BCUT2D eigenvalue weighted by atomic mass is 32.2. The van der Waals surface area contributed by atoms with Crippen molar-refractivity contribution in [3.05, 3.63) is 112 Å². The van der Waals surface area contributed by atoms with Crippen molar-refractivity contribution in [2.24, 2.45) is 0 Å². The van der Waals surface area contributed by atoms with Gasteiger partial charge < -0.3 is 5.11 Å². The van der Waals surface area contributed by atoms with E-state index in [-0.39, 0.29) is 17.4 Å². The first kappa shape index (κ1) is 24.1. The zero-order valence-corrected chi connectivity index (χ0v) is 21.7. The fraction of sp³-hybridized carbons (Fsp3) is 0.226. The Morgan fingerprint density at radius 1 is 0.917 bits per heavy atom. The third-order valence-corrected chi connectivity index (χ3v) is 7.82. The second-order valence-electron chi connectivity index (χ2n) is 9.49. The lowest BCUT2D eigenvalue weighted by molar-refractivity contribution is -0.116. The lowest BCUT2D eigenvalue weighted by Crippen LogP contribution is -2.42. The molecule has 2 N–H and O–H groups in total. The molecule has 3 aromatic carbocycles. The topological polar surface area (TPSA) is 64.4 Å². The summed E-state index contributed by atoms with van der Waals surface area (Å²) in [6, 6.07) is 23.8. The molecular weight excluding hydrogens is 464 g/mol. The van der Waals surface area contributed by atoms with Gasteiger partial charge in [-0.3, -0.25) is 15.1 Å². The van der Waals surface area contributed by atoms with E-state index >= 15 is 0 Å². The zero-order chi connectivity index (χ0) is 25.4. The van der Waals surface area contributed by atoms with E-state index in [9.17, 15) is 15.3 Å². The van der Waals surface area contributed by atoms with Gasteiger partial charge in [-0.2, -0.15) is 0 Å². The van der Waals surface area contributed by atoms with E-state index in [0.717, 1.165) is 45.8 Å². The number of rotatable bonds is 4. The maximum absolute atomic E-state index is 13.6. The maximum atomic E-state index is 13.6. The van der Waals surface area contributed by atoms with Gasteiger partial charge >= 0.3 is 0 Å². The van der Waals surface area contributed by atoms with E-state index in [2.05, 4.69) is 0 Å². The van der Waals surface area contributed by atoms with Crippen LogP contribution in [0.1, 0.15) is 47.4 Å². The number of anilines is 1. The number of carbonyl (C=O) groups excluding carboxylic acids is 1. The number of Topliss-reactive ketones (excluding diaryl/α,β-unsaturated/α-hetero) is 1. The zero-order valence-electron chi connectivity index (χ0n) is 20.8. The van der Waals surface area contributed by atoms with Crippen LogP contribution in [0, 0.1) is 19.3 Å². The molecule has 3 aromatic rings. The van der Waals surface area contributed by atoms with Crippen molar-refractivity contribution in [1.82, 2.24) is 0 Å². The first-order valence-electron chi connectivity index (χ1n) is 12.2. The molecule has 2 aliphatic rings. The average Bonchev–Trinajstić information content (AvgIpc) is 2.89. The van der Waals surface area contributed by atoms with Crippen molar-refractivity contribution in [3.8, 4) is 0 Å². The lowest BCUT2D eigenvalue weighted by atomic mass is 9.73. The average molecular weight is 495 g/mol.